The average Bonchev–Trinajstić information content (AvgIpc) is 2.47. The van der Waals surface area contributed by atoms with Crippen molar-refractivity contribution in [2.75, 3.05) is 5.32 Å². The van der Waals surface area contributed by atoms with Crippen molar-refractivity contribution in [1.29, 1.82) is 5.26 Å². The molecule has 0 radical (unpaired) electrons. The lowest BCUT2D eigenvalue weighted by atomic mass is 10.1. The van der Waals surface area contributed by atoms with Crippen LogP contribution in [-0.2, 0) is 0 Å². The molecule has 3 nitrogen and oxygen atoms in total. The lowest BCUT2D eigenvalue weighted by molar-refractivity contribution is 0.629. The Bertz CT molecular complexity index is 896. The van der Waals surface area contributed by atoms with E-state index < -0.39 is 0 Å². The molecule has 0 aliphatic rings. The quantitative estimate of drug-likeness (QED) is 0.718. The van der Waals surface area contributed by atoms with E-state index in [9.17, 15) is 9.65 Å². The zero-order chi connectivity index (χ0) is 15.7. The molecule has 1 aromatic heterocycles. The molecular weight excluding hydrogens is 313 g/mol. The fraction of sp³-hybridized carbons (Fsp3) is 0.111. The molecule has 0 unspecified atom stereocenters. The van der Waals surface area contributed by atoms with E-state index in [1.165, 1.54) is 18.3 Å². The number of nitrogens with zero attached hydrogens (tertiary/aromatic N) is 2. The zero-order valence-electron chi connectivity index (χ0n) is 12.7. The molecule has 2 aromatic carbocycles. The highest BCUT2D eigenvalue weighted by Gasteiger charge is 2.10. The summed E-state index contributed by atoms with van der Waals surface area (Å²) >= 11 is 0. The van der Waals surface area contributed by atoms with E-state index in [1.807, 2.05) is 26.0 Å². The largest absolute Gasteiger partial charge is 0.354 e. The third-order valence-corrected chi connectivity index (χ3v) is 3.44. The van der Waals surface area contributed by atoms with Crippen LogP contribution in [0.4, 0.5) is 15.8 Å². The molecule has 116 valence electrons. The Morgan fingerprint density at radius 3 is 2.43 bits per heavy atom. The molecule has 0 saturated carbocycles. The molecule has 3 aromatic rings. The molecule has 5 heteroatoms. The molecule has 0 fully saturated rings. The van der Waals surface area contributed by atoms with Crippen molar-refractivity contribution in [3.05, 3.63) is 65.1 Å². The number of halogens is 2. The van der Waals surface area contributed by atoms with Crippen LogP contribution in [0.25, 0.3) is 10.9 Å². The number of hydrogen-bond donors (Lipinski definition) is 1. The minimum atomic E-state index is -0.354. The Labute approximate surface area is 140 Å². The minimum Gasteiger partial charge on any atom is -0.354 e. The number of aromatic nitrogens is 1. The van der Waals surface area contributed by atoms with Crippen molar-refractivity contribution in [2.24, 2.45) is 0 Å². The van der Waals surface area contributed by atoms with Crippen molar-refractivity contribution >= 4 is 34.7 Å². The maximum Gasteiger partial charge on any atom is 0.124 e. The summed E-state index contributed by atoms with van der Waals surface area (Å²) in [4.78, 5) is 4.20. The number of aryl methyl sites for hydroxylation is 2. The van der Waals surface area contributed by atoms with E-state index in [0.29, 0.717) is 22.2 Å². The Hall–Kier alpha value is -2.64. The molecule has 23 heavy (non-hydrogen) atoms. The first-order valence-corrected chi connectivity index (χ1v) is 6.90. The van der Waals surface area contributed by atoms with Crippen LogP contribution in [-0.4, -0.2) is 4.98 Å². The highest BCUT2D eigenvalue weighted by atomic mass is 35.5. The van der Waals surface area contributed by atoms with Gasteiger partial charge in [0.25, 0.3) is 0 Å². The number of fused-ring (bicyclic) bond motifs is 1. The first kappa shape index (κ1) is 16.7. The SMILES string of the molecule is Cc1cc(C)cc(Nc2c(C#N)cnc3ccc(F)cc23)c1.Cl. The number of rotatable bonds is 2. The van der Waals surface area contributed by atoms with Crippen molar-refractivity contribution in [2.45, 2.75) is 13.8 Å². The molecular formula is C18H15ClFN3. The fourth-order valence-corrected chi connectivity index (χ4v) is 2.58. The summed E-state index contributed by atoms with van der Waals surface area (Å²) in [7, 11) is 0. The predicted molar refractivity (Wildman–Crippen MR) is 92.9 cm³/mol. The Balaban J connectivity index is 0.00000192. The van der Waals surface area contributed by atoms with Crippen LogP contribution in [0.3, 0.4) is 0 Å². The summed E-state index contributed by atoms with van der Waals surface area (Å²) in [6.07, 6.45) is 1.51. The first-order valence-electron chi connectivity index (χ1n) is 6.90. The Morgan fingerprint density at radius 1 is 1.09 bits per heavy atom. The van der Waals surface area contributed by atoms with E-state index in [-0.39, 0.29) is 18.2 Å². The molecule has 3 rings (SSSR count). The smallest absolute Gasteiger partial charge is 0.124 e. The third kappa shape index (κ3) is 3.41. The second kappa shape index (κ2) is 6.64. The van der Waals surface area contributed by atoms with Gasteiger partial charge in [-0.1, -0.05) is 6.07 Å². The minimum absolute atomic E-state index is 0. The summed E-state index contributed by atoms with van der Waals surface area (Å²) in [5.74, 6) is -0.354. The van der Waals surface area contributed by atoms with Gasteiger partial charge in [0.15, 0.2) is 0 Å². The summed E-state index contributed by atoms with van der Waals surface area (Å²) in [6.45, 7) is 4.02. The zero-order valence-corrected chi connectivity index (χ0v) is 13.5. The Morgan fingerprint density at radius 2 is 1.78 bits per heavy atom. The normalized spacial score (nSPS) is 10.0. The molecule has 0 atom stereocenters. The van der Waals surface area contributed by atoms with E-state index in [1.54, 1.807) is 6.07 Å². The van der Waals surface area contributed by atoms with Gasteiger partial charge in [-0.25, -0.2) is 4.39 Å². The lowest BCUT2D eigenvalue weighted by Gasteiger charge is -2.13. The van der Waals surface area contributed by atoms with E-state index in [2.05, 4.69) is 22.4 Å². The average molecular weight is 328 g/mol. The van der Waals surface area contributed by atoms with Crippen LogP contribution in [0.15, 0.2) is 42.6 Å². The van der Waals surface area contributed by atoms with E-state index >= 15 is 0 Å². The van der Waals surface area contributed by atoms with Crippen LogP contribution in [0.2, 0.25) is 0 Å². The predicted octanol–water partition coefficient (Wildman–Crippen LogP) is 5.03. The van der Waals surface area contributed by atoms with E-state index in [4.69, 9.17) is 0 Å². The number of anilines is 2. The second-order valence-electron chi connectivity index (χ2n) is 5.32. The number of benzene rings is 2. The van der Waals surface area contributed by atoms with Gasteiger partial charge in [-0.05, 0) is 55.3 Å². The van der Waals surface area contributed by atoms with Crippen LogP contribution < -0.4 is 5.32 Å². The lowest BCUT2D eigenvalue weighted by Crippen LogP contribution is -1.98. The maximum atomic E-state index is 13.6. The van der Waals surface area contributed by atoms with Crippen LogP contribution in [0.1, 0.15) is 16.7 Å². The fourth-order valence-electron chi connectivity index (χ4n) is 2.58. The van der Waals surface area contributed by atoms with Crippen LogP contribution >= 0.6 is 12.4 Å². The summed E-state index contributed by atoms with van der Waals surface area (Å²) in [5, 5.41) is 13.2. The van der Waals surface area contributed by atoms with Gasteiger partial charge in [0.2, 0.25) is 0 Å². The summed E-state index contributed by atoms with van der Waals surface area (Å²) < 4.78 is 13.6. The second-order valence-corrected chi connectivity index (χ2v) is 5.32. The molecule has 0 aliphatic heterocycles. The van der Waals surface area contributed by atoms with Crippen molar-refractivity contribution in [3.63, 3.8) is 0 Å². The van der Waals surface area contributed by atoms with Gasteiger partial charge in [0, 0.05) is 17.3 Å². The third-order valence-electron chi connectivity index (χ3n) is 3.44. The number of nitrogens with one attached hydrogen (secondary N) is 1. The van der Waals surface area contributed by atoms with Gasteiger partial charge in [-0.2, -0.15) is 5.26 Å². The molecule has 0 aliphatic carbocycles. The standard InChI is InChI=1S/C18H14FN3.ClH/c1-11-5-12(2)7-15(6-11)22-18-13(9-20)10-21-17-4-3-14(19)8-16(17)18;/h3-8,10H,1-2H3,(H,21,22);1H. The molecule has 0 bridgehead atoms. The van der Waals surface area contributed by atoms with Gasteiger partial charge in [0.05, 0.1) is 16.8 Å². The maximum absolute atomic E-state index is 13.6. The van der Waals surface area contributed by atoms with Gasteiger partial charge in [-0.3, -0.25) is 4.98 Å². The number of hydrogen-bond acceptors (Lipinski definition) is 3. The number of pyridine rings is 1. The van der Waals surface area contributed by atoms with Crippen molar-refractivity contribution in [1.82, 2.24) is 4.98 Å². The monoisotopic (exact) mass is 327 g/mol. The molecule has 0 saturated heterocycles. The van der Waals surface area contributed by atoms with E-state index in [0.717, 1.165) is 16.8 Å². The highest BCUT2D eigenvalue weighted by molar-refractivity contribution is 5.95. The van der Waals surface area contributed by atoms with Gasteiger partial charge in [0.1, 0.15) is 11.9 Å². The van der Waals surface area contributed by atoms with Crippen molar-refractivity contribution < 1.29 is 4.39 Å². The number of nitriles is 1. The Kier molecular flexibility index (Phi) is 4.83. The summed E-state index contributed by atoms with van der Waals surface area (Å²) in [6, 6.07) is 12.5. The molecule has 0 amide bonds. The van der Waals surface area contributed by atoms with Crippen LogP contribution in [0.5, 0.6) is 0 Å². The first-order chi connectivity index (χ1) is 10.6. The van der Waals surface area contributed by atoms with Gasteiger partial charge < -0.3 is 5.32 Å². The molecule has 1 heterocycles. The molecule has 0 spiro atoms. The highest BCUT2D eigenvalue weighted by Crippen LogP contribution is 2.30. The summed E-state index contributed by atoms with van der Waals surface area (Å²) in [5.41, 5.74) is 4.71. The van der Waals surface area contributed by atoms with Gasteiger partial charge >= 0.3 is 0 Å². The van der Waals surface area contributed by atoms with Crippen molar-refractivity contribution in [3.8, 4) is 6.07 Å². The van der Waals surface area contributed by atoms with Crippen LogP contribution in [0, 0.1) is 31.0 Å². The van der Waals surface area contributed by atoms with Gasteiger partial charge in [-0.15, -0.1) is 12.4 Å². The molecule has 1 N–H and O–H groups in total. The topological polar surface area (TPSA) is 48.7 Å².